The molecule has 0 aliphatic carbocycles. The van der Waals surface area contributed by atoms with Gasteiger partial charge in [-0.3, -0.25) is 9.69 Å². The van der Waals surface area contributed by atoms with Crippen LogP contribution in [0.1, 0.15) is 60.2 Å². The third-order valence-corrected chi connectivity index (χ3v) is 6.39. The van der Waals surface area contributed by atoms with Crippen molar-refractivity contribution in [1.82, 2.24) is 4.90 Å². The SMILES string of the molecule is CCNc1c(CC=C(C)CCC(=O)OCCCN2CCOCC2)c(OC)c(C)c2c1C(=O)OC2. The third-order valence-electron chi connectivity index (χ3n) is 6.39. The lowest BCUT2D eigenvalue weighted by Gasteiger charge is -2.26. The van der Waals surface area contributed by atoms with Crippen LogP contribution in [0, 0.1) is 6.92 Å². The van der Waals surface area contributed by atoms with E-state index in [9.17, 15) is 9.59 Å². The van der Waals surface area contributed by atoms with Gasteiger partial charge in [-0.05, 0) is 45.6 Å². The lowest BCUT2D eigenvalue weighted by molar-refractivity contribution is -0.143. The molecule has 3 rings (SSSR count). The maximum absolute atomic E-state index is 12.4. The normalized spacial score (nSPS) is 16.2. The fraction of sp³-hybridized carbons (Fsp3) is 0.615. The number of hydrogen-bond donors (Lipinski definition) is 1. The Bertz CT molecular complexity index is 905. The van der Waals surface area contributed by atoms with E-state index in [1.54, 1.807) is 7.11 Å². The van der Waals surface area contributed by atoms with E-state index < -0.39 is 0 Å². The molecule has 1 N–H and O–H groups in total. The molecule has 0 saturated carbocycles. The van der Waals surface area contributed by atoms with Crippen molar-refractivity contribution in [2.24, 2.45) is 0 Å². The van der Waals surface area contributed by atoms with E-state index in [1.165, 1.54) is 0 Å². The van der Waals surface area contributed by atoms with Crippen LogP contribution in [0.3, 0.4) is 0 Å². The van der Waals surface area contributed by atoms with E-state index >= 15 is 0 Å². The number of allylic oxidation sites excluding steroid dienone is 2. The molecule has 0 aromatic heterocycles. The molecule has 0 radical (unpaired) electrons. The number of esters is 2. The molecule has 0 atom stereocenters. The first-order valence-corrected chi connectivity index (χ1v) is 12.2. The molecule has 0 spiro atoms. The van der Waals surface area contributed by atoms with Crippen LogP contribution in [0.2, 0.25) is 0 Å². The summed E-state index contributed by atoms with van der Waals surface area (Å²) in [6.45, 7) is 11.8. The Morgan fingerprint density at radius 1 is 1.24 bits per heavy atom. The standard InChI is InChI=1S/C26H38N2O6/c1-5-27-24-20(25(31-4)19(3)21-17-34-26(30)23(21)24)9-7-18(2)8-10-22(29)33-14-6-11-28-12-15-32-16-13-28/h7,27H,5-6,8-17H2,1-4H3. The summed E-state index contributed by atoms with van der Waals surface area (Å²) in [5.74, 6) is 0.309. The van der Waals surface area contributed by atoms with Gasteiger partial charge in [0.1, 0.15) is 12.4 Å². The lowest BCUT2D eigenvalue weighted by Crippen LogP contribution is -2.37. The number of carbonyl (C=O) groups is 2. The summed E-state index contributed by atoms with van der Waals surface area (Å²) in [6.07, 6.45) is 4.51. The molecular formula is C26H38N2O6. The number of methoxy groups -OCH3 is 1. The Kier molecular flexibility index (Phi) is 9.77. The van der Waals surface area contributed by atoms with Gasteiger partial charge < -0.3 is 24.3 Å². The van der Waals surface area contributed by atoms with Crippen LogP contribution < -0.4 is 10.1 Å². The van der Waals surface area contributed by atoms with E-state index in [0.717, 1.165) is 73.0 Å². The number of nitrogens with zero attached hydrogens (tertiary/aromatic N) is 1. The number of fused-ring (bicyclic) bond motifs is 1. The topological polar surface area (TPSA) is 86.3 Å². The van der Waals surface area contributed by atoms with Crippen LogP contribution >= 0.6 is 0 Å². The number of anilines is 1. The van der Waals surface area contributed by atoms with Gasteiger partial charge in [0, 0.05) is 43.7 Å². The fourth-order valence-electron chi connectivity index (χ4n) is 4.47. The number of morpholine rings is 1. The van der Waals surface area contributed by atoms with Gasteiger partial charge >= 0.3 is 11.9 Å². The number of nitrogens with one attached hydrogen (secondary N) is 1. The summed E-state index contributed by atoms with van der Waals surface area (Å²) >= 11 is 0. The zero-order valence-electron chi connectivity index (χ0n) is 21.0. The van der Waals surface area contributed by atoms with Gasteiger partial charge in [-0.2, -0.15) is 0 Å². The molecule has 0 bridgehead atoms. The highest BCUT2D eigenvalue weighted by Crippen LogP contribution is 2.41. The molecule has 188 valence electrons. The first-order chi connectivity index (χ1) is 16.5. The summed E-state index contributed by atoms with van der Waals surface area (Å²) < 4.78 is 21.8. The first-order valence-electron chi connectivity index (χ1n) is 12.2. The number of cyclic esters (lactones) is 1. The van der Waals surface area contributed by atoms with Gasteiger partial charge in [-0.15, -0.1) is 0 Å². The van der Waals surface area contributed by atoms with E-state index in [-0.39, 0.29) is 18.5 Å². The van der Waals surface area contributed by atoms with Crippen molar-refractivity contribution >= 4 is 17.6 Å². The van der Waals surface area contributed by atoms with Crippen LogP contribution in [0.5, 0.6) is 5.75 Å². The van der Waals surface area contributed by atoms with E-state index in [1.807, 2.05) is 20.8 Å². The number of benzene rings is 1. The monoisotopic (exact) mass is 474 g/mol. The molecular weight excluding hydrogens is 436 g/mol. The quantitative estimate of drug-likeness (QED) is 0.279. The molecule has 8 heteroatoms. The van der Waals surface area contributed by atoms with E-state index in [0.29, 0.717) is 38.0 Å². The van der Waals surface area contributed by atoms with Crippen molar-refractivity contribution in [1.29, 1.82) is 0 Å². The maximum Gasteiger partial charge on any atom is 0.341 e. The van der Waals surface area contributed by atoms with Crippen LogP contribution in [0.25, 0.3) is 0 Å². The van der Waals surface area contributed by atoms with Crippen LogP contribution in [-0.4, -0.2) is 69.9 Å². The average molecular weight is 475 g/mol. The molecule has 1 aromatic carbocycles. The lowest BCUT2D eigenvalue weighted by atomic mass is 9.93. The van der Waals surface area contributed by atoms with Crippen molar-refractivity contribution in [3.05, 3.63) is 33.9 Å². The summed E-state index contributed by atoms with van der Waals surface area (Å²) in [7, 11) is 1.65. The van der Waals surface area contributed by atoms with Gasteiger partial charge in [0.25, 0.3) is 0 Å². The van der Waals surface area contributed by atoms with Crippen molar-refractivity contribution in [2.75, 3.05) is 58.4 Å². The molecule has 0 amide bonds. The van der Waals surface area contributed by atoms with E-state index in [2.05, 4.69) is 16.3 Å². The number of carbonyl (C=O) groups excluding carboxylic acids is 2. The Morgan fingerprint density at radius 2 is 2.00 bits per heavy atom. The second-order valence-electron chi connectivity index (χ2n) is 8.75. The van der Waals surface area contributed by atoms with Gasteiger partial charge in [-0.1, -0.05) is 11.6 Å². The van der Waals surface area contributed by atoms with Gasteiger partial charge in [0.15, 0.2) is 0 Å². The molecule has 1 saturated heterocycles. The maximum atomic E-state index is 12.4. The van der Waals surface area contributed by atoms with Crippen molar-refractivity contribution in [3.8, 4) is 5.75 Å². The fourth-order valence-corrected chi connectivity index (χ4v) is 4.47. The highest BCUT2D eigenvalue weighted by Gasteiger charge is 2.31. The number of rotatable bonds is 12. The molecule has 2 aliphatic heterocycles. The highest BCUT2D eigenvalue weighted by atomic mass is 16.5. The number of hydrogen-bond acceptors (Lipinski definition) is 8. The van der Waals surface area contributed by atoms with Crippen LogP contribution in [0.15, 0.2) is 11.6 Å². The molecule has 2 heterocycles. The zero-order chi connectivity index (χ0) is 24.5. The Labute approximate surface area is 202 Å². The van der Waals surface area contributed by atoms with Gasteiger partial charge in [0.2, 0.25) is 0 Å². The van der Waals surface area contributed by atoms with Crippen molar-refractivity contribution in [2.45, 2.75) is 53.1 Å². The Balaban J connectivity index is 1.55. The smallest absolute Gasteiger partial charge is 0.341 e. The molecule has 1 aromatic rings. The van der Waals surface area contributed by atoms with Crippen molar-refractivity contribution < 1.29 is 28.5 Å². The zero-order valence-corrected chi connectivity index (χ0v) is 21.0. The summed E-state index contributed by atoms with van der Waals surface area (Å²) in [6, 6.07) is 0. The highest BCUT2D eigenvalue weighted by molar-refractivity contribution is 6.01. The predicted molar refractivity (Wildman–Crippen MR) is 131 cm³/mol. The summed E-state index contributed by atoms with van der Waals surface area (Å²) in [5, 5.41) is 3.34. The van der Waals surface area contributed by atoms with Gasteiger partial charge in [-0.25, -0.2) is 4.79 Å². The van der Waals surface area contributed by atoms with Crippen LogP contribution in [0.4, 0.5) is 5.69 Å². The second-order valence-corrected chi connectivity index (χ2v) is 8.75. The predicted octanol–water partition coefficient (Wildman–Crippen LogP) is 3.64. The van der Waals surface area contributed by atoms with Gasteiger partial charge in [0.05, 0.1) is 38.2 Å². The summed E-state index contributed by atoms with van der Waals surface area (Å²) in [4.78, 5) is 26.9. The summed E-state index contributed by atoms with van der Waals surface area (Å²) in [5.41, 5.74) is 5.25. The molecule has 1 fully saturated rings. The minimum atomic E-state index is -0.296. The largest absolute Gasteiger partial charge is 0.496 e. The minimum absolute atomic E-state index is 0.170. The average Bonchev–Trinajstić information content (AvgIpc) is 3.23. The molecule has 2 aliphatic rings. The molecule has 8 nitrogen and oxygen atoms in total. The van der Waals surface area contributed by atoms with Crippen LogP contribution in [-0.2, 0) is 32.0 Å². The van der Waals surface area contributed by atoms with E-state index in [4.69, 9.17) is 18.9 Å². The second kappa shape index (κ2) is 12.8. The minimum Gasteiger partial charge on any atom is -0.496 e. The third kappa shape index (κ3) is 6.51. The Morgan fingerprint density at radius 3 is 2.71 bits per heavy atom. The number of ether oxygens (including phenoxy) is 4. The van der Waals surface area contributed by atoms with Crippen molar-refractivity contribution in [3.63, 3.8) is 0 Å². The molecule has 0 unspecified atom stereocenters. The Hall–Kier alpha value is -2.58. The molecule has 34 heavy (non-hydrogen) atoms. The first kappa shape index (κ1) is 26.0.